The largest absolute Gasteiger partial charge is 0.300 e. The van der Waals surface area contributed by atoms with Gasteiger partial charge in [0.05, 0.1) is 11.4 Å². The molecule has 0 N–H and O–H groups in total. The first-order chi connectivity index (χ1) is 6.68. The van der Waals surface area contributed by atoms with E-state index in [9.17, 15) is 0 Å². The maximum atomic E-state index is 4.42. The van der Waals surface area contributed by atoms with Gasteiger partial charge in [0.25, 0.3) is 0 Å². The summed E-state index contributed by atoms with van der Waals surface area (Å²) in [6.07, 6.45) is 1.16. The predicted octanol–water partition coefficient (Wildman–Crippen LogP) is 1.74. The van der Waals surface area contributed by atoms with Gasteiger partial charge in [-0.3, -0.25) is 4.68 Å². The second kappa shape index (κ2) is 4.60. The molecule has 0 unspecified atom stereocenters. The van der Waals surface area contributed by atoms with Crippen LogP contribution in [0.2, 0.25) is 0 Å². The van der Waals surface area contributed by atoms with Crippen molar-refractivity contribution < 1.29 is 0 Å². The lowest BCUT2D eigenvalue weighted by Gasteiger charge is -2.22. The van der Waals surface area contributed by atoms with Gasteiger partial charge in [0.2, 0.25) is 0 Å². The molecule has 2 rings (SSSR count). The van der Waals surface area contributed by atoms with Gasteiger partial charge in [0.1, 0.15) is 0 Å². The average molecular weight is 195 g/mol. The molecule has 3 heteroatoms. The van der Waals surface area contributed by atoms with Crippen molar-refractivity contribution in [1.82, 2.24) is 14.7 Å². The fourth-order valence-electron chi connectivity index (χ4n) is 1.91. The smallest absolute Gasteiger partial charge is 0.0629 e. The third-order valence-electron chi connectivity index (χ3n) is 2.64. The Kier molecular flexibility index (Phi) is 3.69. The molecule has 0 saturated heterocycles. The average Bonchev–Trinajstić information content (AvgIpc) is 2.46. The van der Waals surface area contributed by atoms with E-state index >= 15 is 0 Å². The highest BCUT2D eigenvalue weighted by Crippen LogP contribution is 2.19. The molecule has 3 nitrogen and oxygen atoms in total. The maximum absolute atomic E-state index is 4.42. The molecule has 1 aliphatic rings. The second-order valence-corrected chi connectivity index (χ2v) is 3.62. The predicted molar refractivity (Wildman–Crippen MR) is 59.3 cm³/mol. The molecule has 2 heterocycles. The number of nitrogens with zero attached hydrogens (tertiary/aromatic N) is 3. The molecule has 0 fully saturated rings. The van der Waals surface area contributed by atoms with Gasteiger partial charge in [-0.15, -0.1) is 0 Å². The summed E-state index contributed by atoms with van der Waals surface area (Å²) in [5.74, 6) is 0. The normalized spacial score (nSPS) is 15.8. The SMILES string of the molecule is CC.Cc1nn(C)c2c1CCN(C)C2. The summed E-state index contributed by atoms with van der Waals surface area (Å²) < 4.78 is 2.01. The van der Waals surface area contributed by atoms with E-state index in [2.05, 4.69) is 24.0 Å². The van der Waals surface area contributed by atoms with E-state index in [1.54, 1.807) is 0 Å². The highest BCUT2D eigenvalue weighted by atomic mass is 15.3. The molecule has 1 aromatic rings. The van der Waals surface area contributed by atoms with Crippen molar-refractivity contribution in [2.45, 2.75) is 33.7 Å². The van der Waals surface area contributed by atoms with E-state index in [-0.39, 0.29) is 0 Å². The van der Waals surface area contributed by atoms with Crippen LogP contribution in [-0.4, -0.2) is 28.3 Å². The van der Waals surface area contributed by atoms with Crippen LogP contribution >= 0.6 is 0 Å². The Balaban J connectivity index is 0.000000461. The molecule has 0 saturated carbocycles. The summed E-state index contributed by atoms with van der Waals surface area (Å²) in [6.45, 7) is 8.32. The lowest BCUT2D eigenvalue weighted by atomic mass is 10.1. The number of hydrogen-bond donors (Lipinski definition) is 0. The Bertz CT molecular complexity index is 302. The van der Waals surface area contributed by atoms with Gasteiger partial charge >= 0.3 is 0 Å². The van der Waals surface area contributed by atoms with Crippen molar-refractivity contribution in [1.29, 1.82) is 0 Å². The van der Waals surface area contributed by atoms with Crippen LogP contribution in [0.4, 0.5) is 0 Å². The Morgan fingerprint density at radius 2 is 1.86 bits per heavy atom. The van der Waals surface area contributed by atoms with Crippen molar-refractivity contribution in [2.24, 2.45) is 7.05 Å². The first-order valence-electron chi connectivity index (χ1n) is 5.38. The van der Waals surface area contributed by atoms with Crippen LogP contribution in [0.5, 0.6) is 0 Å². The molecular weight excluding hydrogens is 174 g/mol. The monoisotopic (exact) mass is 195 g/mol. The molecule has 0 aromatic carbocycles. The minimum atomic E-state index is 1.05. The molecule has 14 heavy (non-hydrogen) atoms. The number of fused-ring (bicyclic) bond motifs is 1. The van der Waals surface area contributed by atoms with Gasteiger partial charge in [-0.2, -0.15) is 5.10 Å². The summed E-state index contributed by atoms with van der Waals surface area (Å²) in [4.78, 5) is 2.34. The van der Waals surface area contributed by atoms with E-state index in [1.165, 1.54) is 23.5 Å². The standard InChI is InChI=1S/C9H15N3.C2H6/c1-7-8-4-5-11(2)6-9(8)12(3)10-7;1-2/h4-6H2,1-3H3;1-2H3. The van der Waals surface area contributed by atoms with Crippen molar-refractivity contribution in [3.05, 3.63) is 17.0 Å². The van der Waals surface area contributed by atoms with Crippen LogP contribution in [-0.2, 0) is 20.0 Å². The summed E-state index contributed by atoms with van der Waals surface area (Å²) in [5.41, 5.74) is 4.07. The molecular formula is C11H21N3. The van der Waals surface area contributed by atoms with Crippen LogP contribution in [0, 0.1) is 6.92 Å². The van der Waals surface area contributed by atoms with Gasteiger partial charge in [-0.1, -0.05) is 13.8 Å². The lowest BCUT2D eigenvalue weighted by molar-refractivity contribution is 0.303. The summed E-state index contributed by atoms with van der Waals surface area (Å²) in [6, 6.07) is 0. The lowest BCUT2D eigenvalue weighted by Crippen LogP contribution is -2.27. The number of rotatable bonds is 0. The summed E-state index contributed by atoms with van der Waals surface area (Å²) >= 11 is 0. The Labute approximate surface area is 86.7 Å². The van der Waals surface area contributed by atoms with Crippen LogP contribution < -0.4 is 0 Å². The zero-order valence-electron chi connectivity index (χ0n) is 9.96. The molecule has 1 aromatic heterocycles. The first kappa shape index (κ1) is 11.2. The first-order valence-corrected chi connectivity index (χ1v) is 5.38. The third-order valence-corrected chi connectivity index (χ3v) is 2.64. The van der Waals surface area contributed by atoms with Crippen molar-refractivity contribution in [3.8, 4) is 0 Å². The molecule has 0 spiro atoms. The van der Waals surface area contributed by atoms with E-state index in [0.717, 1.165) is 13.0 Å². The quantitative estimate of drug-likeness (QED) is 0.629. The number of likely N-dealkylation sites (N-methyl/N-ethyl adjacent to an activating group) is 1. The fraction of sp³-hybridized carbons (Fsp3) is 0.727. The molecule has 0 amide bonds. The Morgan fingerprint density at radius 1 is 1.21 bits per heavy atom. The van der Waals surface area contributed by atoms with Gasteiger partial charge in [0, 0.05) is 20.1 Å². The highest BCUT2D eigenvalue weighted by Gasteiger charge is 2.19. The summed E-state index contributed by atoms with van der Waals surface area (Å²) in [5, 5.41) is 4.42. The molecule has 0 atom stereocenters. The van der Waals surface area contributed by atoms with Crippen LogP contribution in [0.1, 0.15) is 30.8 Å². The van der Waals surface area contributed by atoms with Crippen LogP contribution in [0.3, 0.4) is 0 Å². The maximum Gasteiger partial charge on any atom is 0.0629 e. The van der Waals surface area contributed by atoms with Crippen molar-refractivity contribution >= 4 is 0 Å². The van der Waals surface area contributed by atoms with Crippen LogP contribution in [0.15, 0.2) is 0 Å². The zero-order chi connectivity index (χ0) is 10.7. The van der Waals surface area contributed by atoms with Crippen molar-refractivity contribution in [2.75, 3.05) is 13.6 Å². The van der Waals surface area contributed by atoms with E-state index in [0.29, 0.717) is 0 Å². The molecule has 1 aliphatic heterocycles. The number of hydrogen-bond acceptors (Lipinski definition) is 2. The van der Waals surface area contributed by atoms with Gasteiger partial charge in [0.15, 0.2) is 0 Å². The van der Waals surface area contributed by atoms with Gasteiger partial charge < -0.3 is 4.90 Å². The van der Waals surface area contributed by atoms with E-state index < -0.39 is 0 Å². The summed E-state index contributed by atoms with van der Waals surface area (Å²) in [7, 11) is 4.19. The highest BCUT2D eigenvalue weighted by molar-refractivity contribution is 5.27. The second-order valence-electron chi connectivity index (χ2n) is 3.62. The topological polar surface area (TPSA) is 21.1 Å². The van der Waals surface area contributed by atoms with Gasteiger partial charge in [-0.05, 0) is 26.0 Å². The van der Waals surface area contributed by atoms with Crippen molar-refractivity contribution in [3.63, 3.8) is 0 Å². The van der Waals surface area contributed by atoms with E-state index in [1.807, 2.05) is 25.6 Å². The minimum absolute atomic E-state index is 1.05. The molecule has 0 aliphatic carbocycles. The molecule has 0 bridgehead atoms. The Morgan fingerprint density at radius 3 is 2.50 bits per heavy atom. The van der Waals surface area contributed by atoms with Crippen LogP contribution in [0.25, 0.3) is 0 Å². The zero-order valence-corrected chi connectivity index (χ0v) is 9.96. The van der Waals surface area contributed by atoms with E-state index in [4.69, 9.17) is 0 Å². The fourth-order valence-corrected chi connectivity index (χ4v) is 1.91. The Hall–Kier alpha value is -0.830. The number of aryl methyl sites for hydroxylation is 2. The minimum Gasteiger partial charge on any atom is -0.300 e. The number of aromatic nitrogens is 2. The third kappa shape index (κ3) is 1.98. The van der Waals surface area contributed by atoms with Gasteiger partial charge in [-0.25, -0.2) is 0 Å². The molecule has 0 radical (unpaired) electrons. The molecule has 80 valence electrons.